The van der Waals surface area contributed by atoms with Crippen molar-refractivity contribution in [2.75, 3.05) is 20.3 Å². The van der Waals surface area contributed by atoms with Crippen molar-refractivity contribution in [2.24, 2.45) is 5.92 Å². The van der Waals surface area contributed by atoms with Crippen LogP contribution < -0.4 is 10.1 Å². The average molecular weight is 394 g/mol. The van der Waals surface area contributed by atoms with Crippen LogP contribution in [-0.2, 0) is 15.9 Å². The van der Waals surface area contributed by atoms with Crippen LogP contribution in [0.4, 0.5) is 4.79 Å². The molecule has 1 aromatic carbocycles. The molecule has 1 atom stereocenters. The lowest BCUT2D eigenvalue weighted by Crippen LogP contribution is -2.43. The van der Waals surface area contributed by atoms with Gasteiger partial charge in [-0.2, -0.15) is 0 Å². The number of hydrogen-bond donors (Lipinski definition) is 1. The van der Waals surface area contributed by atoms with Crippen molar-refractivity contribution in [3.8, 4) is 5.75 Å². The van der Waals surface area contributed by atoms with Crippen LogP contribution in [0.15, 0.2) is 18.2 Å². The van der Waals surface area contributed by atoms with Gasteiger partial charge < -0.3 is 19.5 Å². The molecule has 0 aliphatic heterocycles. The van der Waals surface area contributed by atoms with Crippen molar-refractivity contribution in [1.82, 2.24) is 5.32 Å². The maximum atomic E-state index is 12.2. The SMILES string of the molecule is COCCCOc1cc(CC(NC(=O)OC(C)(C)C)C(C)C)ccc1C(C)=O. The second kappa shape index (κ2) is 11.1. The van der Waals surface area contributed by atoms with E-state index in [1.807, 2.05) is 46.8 Å². The second-order valence-electron chi connectivity index (χ2n) is 8.28. The van der Waals surface area contributed by atoms with Crippen molar-refractivity contribution in [1.29, 1.82) is 0 Å². The summed E-state index contributed by atoms with van der Waals surface area (Å²) < 4.78 is 16.2. The lowest BCUT2D eigenvalue weighted by molar-refractivity contribution is 0.0490. The Kier molecular flexibility index (Phi) is 9.46. The van der Waals surface area contributed by atoms with E-state index in [9.17, 15) is 9.59 Å². The van der Waals surface area contributed by atoms with E-state index in [0.29, 0.717) is 30.9 Å². The number of Topliss-reactive ketones (excluding diaryl/α,β-unsaturated/α-hetero) is 1. The minimum absolute atomic E-state index is 0.0411. The van der Waals surface area contributed by atoms with Crippen molar-refractivity contribution in [2.45, 2.75) is 66.0 Å². The van der Waals surface area contributed by atoms with E-state index in [-0.39, 0.29) is 17.7 Å². The Balaban J connectivity index is 2.90. The van der Waals surface area contributed by atoms with Gasteiger partial charge in [0.1, 0.15) is 11.4 Å². The molecule has 0 saturated carbocycles. The Bertz CT molecular complexity index is 649. The number of hydrogen-bond acceptors (Lipinski definition) is 5. The highest BCUT2D eigenvalue weighted by molar-refractivity contribution is 5.96. The molecule has 0 aliphatic rings. The first-order chi connectivity index (χ1) is 13.0. The third kappa shape index (κ3) is 8.74. The van der Waals surface area contributed by atoms with Gasteiger partial charge in [0.2, 0.25) is 0 Å². The fourth-order valence-electron chi connectivity index (χ4n) is 2.66. The van der Waals surface area contributed by atoms with Crippen molar-refractivity contribution < 1.29 is 23.8 Å². The summed E-state index contributed by atoms with van der Waals surface area (Å²) in [5, 5.41) is 2.95. The number of methoxy groups -OCH3 is 1. The molecule has 28 heavy (non-hydrogen) atoms. The maximum absolute atomic E-state index is 12.2. The number of rotatable bonds is 10. The molecule has 1 rings (SSSR count). The number of carbonyl (C=O) groups excluding carboxylic acids is 2. The van der Waals surface area contributed by atoms with Gasteiger partial charge in [-0.05, 0) is 57.7 Å². The molecule has 0 fully saturated rings. The highest BCUT2D eigenvalue weighted by atomic mass is 16.6. The first-order valence-corrected chi connectivity index (χ1v) is 9.78. The Hall–Kier alpha value is -2.08. The summed E-state index contributed by atoms with van der Waals surface area (Å²) in [5.74, 6) is 0.743. The fourth-order valence-corrected chi connectivity index (χ4v) is 2.66. The lowest BCUT2D eigenvalue weighted by Gasteiger charge is -2.26. The normalized spacial score (nSPS) is 12.6. The number of ether oxygens (including phenoxy) is 3. The second-order valence-corrected chi connectivity index (χ2v) is 8.28. The number of carbonyl (C=O) groups is 2. The van der Waals surface area contributed by atoms with Crippen LogP contribution in [0.5, 0.6) is 5.75 Å². The molecule has 1 N–H and O–H groups in total. The van der Waals surface area contributed by atoms with Crippen molar-refractivity contribution >= 4 is 11.9 Å². The Morgan fingerprint density at radius 3 is 2.36 bits per heavy atom. The summed E-state index contributed by atoms with van der Waals surface area (Å²) in [5.41, 5.74) is 1.00. The van der Waals surface area contributed by atoms with Crippen LogP contribution in [0, 0.1) is 5.92 Å². The molecule has 0 spiro atoms. The van der Waals surface area contributed by atoms with E-state index < -0.39 is 11.7 Å². The summed E-state index contributed by atoms with van der Waals surface area (Å²) in [6.45, 7) is 12.2. The molecule has 0 saturated heterocycles. The topological polar surface area (TPSA) is 73.9 Å². The summed E-state index contributed by atoms with van der Waals surface area (Å²) in [7, 11) is 1.64. The van der Waals surface area contributed by atoms with E-state index in [2.05, 4.69) is 5.32 Å². The Morgan fingerprint density at radius 1 is 1.14 bits per heavy atom. The highest BCUT2D eigenvalue weighted by Gasteiger charge is 2.22. The predicted molar refractivity (Wildman–Crippen MR) is 110 cm³/mol. The summed E-state index contributed by atoms with van der Waals surface area (Å²) >= 11 is 0. The van der Waals surface area contributed by atoms with Crippen LogP contribution in [0.1, 0.15) is 63.9 Å². The molecule has 158 valence electrons. The molecule has 6 heteroatoms. The fraction of sp³-hybridized carbons (Fsp3) is 0.636. The predicted octanol–water partition coefficient (Wildman–Crippen LogP) is 4.40. The lowest BCUT2D eigenvalue weighted by atomic mass is 9.95. The Morgan fingerprint density at radius 2 is 1.82 bits per heavy atom. The first kappa shape index (κ1) is 24.0. The number of amides is 1. The highest BCUT2D eigenvalue weighted by Crippen LogP contribution is 2.23. The van der Waals surface area contributed by atoms with Gasteiger partial charge in [-0.15, -0.1) is 0 Å². The number of alkyl carbamates (subject to hydrolysis) is 1. The van der Waals surface area contributed by atoms with Gasteiger partial charge in [0, 0.05) is 26.2 Å². The number of nitrogens with one attached hydrogen (secondary N) is 1. The largest absolute Gasteiger partial charge is 0.493 e. The third-order valence-corrected chi connectivity index (χ3v) is 4.14. The molecule has 1 amide bonds. The molecule has 1 aromatic rings. The van der Waals surface area contributed by atoms with Crippen molar-refractivity contribution in [3.05, 3.63) is 29.3 Å². The summed E-state index contributed by atoms with van der Waals surface area (Å²) in [6.07, 6.45) is 0.929. The Labute approximate surface area is 168 Å². The monoisotopic (exact) mass is 393 g/mol. The van der Waals surface area contributed by atoms with Crippen LogP contribution >= 0.6 is 0 Å². The zero-order valence-corrected chi connectivity index (χ0v) is 18.3. The van der Waals surface area contributed by atoms with E-state index in [4.69, 9.17) is 14.2 Å². The molecule has 0 heterocycles. The van der Waals surface area contributed by atoms with E-state index in [1.54, 1.807) is 13.2 Å². The van der Waals surface area contributed by atoms with Crippen LogP contribution in [0.3, 0.4) is 0 Å². The molecule has 1 unspecified atom stereocenters. The zero-order valence-electron chi connectivity index (χ0n) is 18.3. The standard InChI is InChI=1S/C22H35NO5/c1-15(2)19(23-21(25)28-22(4,5)6)13-17-9-10-18(16(3)24)20(14-17)27-12-8-11-26-7/h9-10,14-15,19H,8,11-13H2,1-7H3,(H,23,25). The van der Waals surface area contributed by atoms with Gasteiger partial charge in [-0.1, -0.05) is 19.9 Å². The van der Waals surface area contributed by atoms with Gasteiger partial charge in [-0.25, -0.2) is 4.79 Å². The van der Waals surface area contributed by atoms with E-state index >= 15 is 0 Å². The van der Waals surface area contributed by atoms with Gasteiger partial charge in [0.15, 0.2) is 5.78 Å². The van der Waals surface area contributed by atoms with Crippen molar-refractivity contribution in [3.63, 3.8) is 0 Å². The third-order valence-electron chi connectivity index (χ3n) is 4.14. The van der Waals surface area contributed by atoms with E-state index in [0.717, 1.165) is 12.0 Å². The molecular weight excluding hydrogens is 358 g/mol. The zero-order chi connectivity index (χ0) is 21.3. The molecule has 0 radical (unpaired) electrons. The number of benzene rings is 1. The number of ketones is 1. The van der Waals surface area contributed by atoms with Gasteiger partial charge >= 0.3 is 6.09 Å². The minimum Gasteiger partial charge on any atom is -0.493 e. The molecule has 0 aromatic heterocycles. The minimum atomic E-state index is -0.544. The van der Waals surface area contributed by atoms with Crippen LogP contribution in [0.2, 0.25) is 0 Å². The molecule has 6 nitrogen and oxygen atoms in total. The van der Waals surface area contributed by atoms with Gasteiger partial charge in [0.05, 0.1) is 12.2 Å². The molecular formula is C22H35NO5. The maximum Gasteiger partial charge on any atom is 0.407 e. The molecule has 0 bridgehead atoms. The summed E-state index contributed by atoms with van der Waals surface area (Å²) in [6, 6.07) is 5.48. The summed E-state index contributed by atoms with van der Waals surface area (Å²) in [4.78, 5) is 24.1. The smallest absolute Gasteiger partial charge is 0.407 e. The quantitative estimate of drug-likeness (QED) is 0.471. The first-order valence-electron chi connectivity index (χ1n) is 9.78. The van der Waals surface area contributed by atoms with E-state index in [1.165, 1.54) is 6.92 Å². The van der Waals surface area contributed by atoms with Crippen LogP contribution in [0.25, 0.3) is 0 Å². The van der Waals surface area contributed by atoms with Crippen LogP contribution in [-0.4, -0.2) is 43.8 Å². The van der Waals surface area contributed by atoms with Gasteiger partial charge in [-0.3, -0.25) is 4.79 Å². The van der Waals surface area contributed by atoms with Gasteiger partial charge in [0.25, 0.3) is 0 Å². The molecule has 0 aliphatic carbocycles. The average Bonchev–Trinajstić information content (AvgIpc) is 2.56.